The summed E-state index contributed by atoms with van der Waals surface area (Å²) >= 11 is 0. The molecule has 0 saturated carbocycles. The zero-order valence-corrected chi connectivity index (χ0v) is 19.8. The van der Waals surface area contributed by atoms with Crippen LogP contribution >= 0.6 is 0 Å². The molecule has 0 fully saturated rings. The van der Waals surface area contributed by atoms with Gasteiger partial charge in [-0.1, -0.05) is 45.0 Å². The Morgan fingerprint density at radius 2 is 1.67 bits per heavy atom. The number of fused-ring (bicyclic) bond motifs is 3. The first-order valence-corrected chi connectivity index (χ1v) is 11.7. The van der Waals surface area contributed by atoms with Crippen LogP contribution < -0.4 is 9.62 Å². The van der Waals surface area contributed by atoms with E-state index in [0.717, 1.165) is 23.1 Å². The monoisotopic (exact) mass is 428 g/mol. The Hall–Kier alpha value is -2.34. The van der Waals surface area contributed by atoms with Crippen LogP contribution in [0.3, 0.4) is 0 Å². The first-order chi connectivity index (χ1) is 13.7. The lowest BCUT2D eigenvalue weighted by Crippen LogP contribution is -2.50. The largest absolute Gasteiger partial charge is 0.350 e. The van der Waals surface area contributed by atoms with Crippen LogP contribution in [0, 0.1) is 19.3 Å². The second-order valence-corrected chi connectivity index (χ2v) is 12.0. The van der Waals surface area contributed by atoms with E-state index >= 15 is 0 Å². The highest BCUT2D eigenvalue weighted by atomic mass is 32.2. The second-order valence-electron chi connectivity index (χ2n) is 10.2. The van der Waals surface area contributed by atoms with E-state index in [2.05, 4.69) is 26.1 Å². The Morgan fingerprint density at radius 1 is 1.03 bits per heavy atom. The molecule has 1 heterocycles. The number of nitrogens with one attached hydrogen (secondary N) is 1. The van der Waals surface area contributed by atoms with Crippen molar-refractivity contribution >= 4 is 21.6 Å². The average molecular weight is 429 g/mol. The second kappa shape index (κ2) is 7.41. The third kappa shape index (κ3) is 4.38. The summed E-state index contributed by atoms with van der Waals surface area (Å²) in [4.78, 5) is 13.2. The van der Waals surface area contributed by atoms with E-state index in [9.17, 15) is 13.2 Å². The summed E-state index contributed by atoms with van der Waals surface area (Å²) in [5, 5.41) is 3.04. The minimum atomic E-state index is -3.84. The minimum absolute atomic E-state index is 0.0355. The van der Waals surface area contributed by atoms with Gasteiger partial charge in [0, 0.05) is 16.7 Å². The molecule has 3 rings (SSSR count). The molecule has 6 heteroatoms. The molecule has 1 amide bonds. The molecule has 1 N–H and O–H groups in total. The summed E-state index contributed by atoms with van der Waals surface area (Å²) in [6.45, 7) is 14.0. The van der Waals surface area contributed by atoms with Gasteiger partial charge in [0.05, 0.1) is 10.6 Å². The normalized spacial score (nSPS) is 15.4. The van der Waals surface area contributed by atoms with Crippen molar-refractivity contribution < 1.29 is 13.2 Å². The maximum Gasteiger partial charge on any atom is 0.265 e. The first kappa shape index (κ1) is 22.3. The first-order valence-electron chi connectivity index (χ1n) is 10.3. The highest BCUT2D eigenvalue weighted by Crippen LogP contribution is 2.45. The SMILES string of the molecule is Cc1cc(C)c2c(c1)N(CC(=O)NC(C)(C)CC(C)(C)C)S(=O)(=O)c1ccccc1-2. The van der Waals surface area contributed by atoms with Gasteiger partial charge < -0.3 is 5.32 Å². The molecule has 0 unspecified atom stereocenters. The van der Waals surface area contributed by atoms with Crippen LogP contribution in [0.5, 0.6) is 0 Å². The number of nitrogens with zero attached hydrogens (tertiary/aromatic N) is 1. The zero-order valence-electron chi connectivity index (χ0n) is 19.0. The number of hydrogen-bond donors (Lipinski definition) is 1. The van der Waals surface area contributed by atoms with E-state index in [-0.39, 0.29) is 22.8 Å². The highest BCUT2D eigenvalue weighted by molar-refractivity contribution is 7.93. The fourth-order valence-electron chi connectivity index (χ4n) is 4.73. The third-order valence-corrected chi connectivity index (χ3v) is 7.01. The Kier molecular flexibility index (Phi) is 5.52. The number of hydrogen-bond acceptors (Lipinski definition) is 3. The molecule has 0 saturated heterocycles. The summed E-state index contributed by atoms with van der Waals surface area (Å²) in [6.07, 6.45) is 0.774. The van der Waals surface area contributed by atoms with Crippen LogP contribution in [-0.2, 0) is 14.8 Å². The number of benzene rings is 2. The van der Waals surface area contributed by atoms with Crippen molar-refractivity contribution in [2.75, 3.05) is 10.8 Å². The average Bonchev–Trinajstić information content (AvgIpc) is 2.55. The van der Waals surface area contributed by atoms with Crippen LogP contribution in [0.25, 0.3) is 11.1 Å². The molecular formula is C24H32N2O3S. The smallest absolute Gasteiger partial charge is 0.265 e. The molecule has 1 aliphatic heterocycles. The summed E-state index contributed by atoms with van der Waals surface area (Å²) < 4.78 is 28.2. The van der Waals surface area contributed by atoms with Crippen molar-refractivity contribution in [2.45, 2.75) is 65.3 Å². The van der Waals surface area contributed by atoms with Gasteiger partial charge in [0.2, 0.25) is 5.91 Å². The number of sulfonamides is 1. The van der Waals surface area contributed by atoms with Crippen molar-refractivity contribution in [3.8, 4) is 11.1 Å². The van der Waals surface area contributed by atoms with Crippen LogP contribution in [0.4, 0.5) is 5.69 Å². The van der Waals surface area contributed by atoms with Crippen molar-refractivity contribution in [1.29, 1.82) is 0 Å². The number of rotatable bonds is 4. The van der Waals surface area contributed by atoms with Gasteiger partial charge in [0.15, 0.2) is 0 Å². The molecule has 0 spiro atoms. The van der Waals surface area contributed by atoms with E-state index in [4.69, 9.17) is 0 Å². The van der Waals surface area contributed by atoms with Gasteiger partial charge in [-0.25, -0.2) is 8.42 Å². The molecule has 5 nitrogen and oxygen atoms in total. The topological polar surface area (TPSA) is 66.5 Å². The molecule has 30 heavy (non-hydrogen) atoms. The van der Waals surface area contributed by atoms with Crippen LogP contribution in [-0.4, -0.2) is 26.4 Å². The summed E-state index contributed by atoms with van der Waals surface area (Å²) in [6, 6.07) is 10.9. The Morgan fingerprint density at radius 3 is 2.30 bits per heavy atom. The van der Waals surface area contributed by atoms with E-state index < -0.39 is 15.6 Å². The van der Waals surface area contributed by atoms with Gasteiger partial charge in [-0.3, -0.25) is 9.10 Å². The maximum absolute atomic E-state index is 13.5. The number of carbonyl (C=O) groups excluding carboxylic acids is 1. The highest BCUT2D eigenvalue weighted by Gasteiger charge is 2.37. The molecule has 0 atom stereocenters. The van der Waals surface area contributed by atoms with Gasteiger partial charge in [-0.2, -0.15) is 0 Å². The maximum atomic E-state index is 13.5. The number of anilines is 1. The molecule has 0 radical (unpaired) electrons. The van der Waals surface area contributed by atoms with E-state index in [1.807, 2.05) is 52.0 Å². The summed E-state index contributed by atoms with van der Waals surface area (Å²) in [7, 11) is -3.84. The predicted octanol–water partition coefficient (Wildman–Crippen LogP) is 4.81. The Bertz CT molecular complexity index is 1100. The van der Waals surface area contributed by atoms with Gasteiger partial charge in [-0.05, 0) is 62.8 Å². The number of amides is 1. The minimum Gasteiger partial charge on any atom is -0.350 e. The molecule has 2 aromatic carbocycles. The third-order valence-electron chi connectivity index (χ3n) is 5.19. The standard InChI is InChI=1S/C24H32N2O3S/c1-16-12-17(2)22-18-10-8-9-11-20(18)30(28,29)26(19(22)13-16)14-21(27)25-24(6,7)15-23(3,4)5/h8-13H,14-15H2,1-7H3,(H,25,27). The Labute approximate surface area is 180 Å². The summed E-state index contributed by atoms with van der Waals surface area (Å²) in [5.41, 5.74) is 3.66. The molecule has 1 aliphatic rings. The van der Waals surface area contributed by atoms with Crippen molar-refractivity contribution in [2.24, 2.45) is 5.41 Å². The lowest BCUT2D eigenvalue weighted by molar-refractivity contribution is -0.121. The van der Waals surface area contributed by atoms with E-state index in [0.29, 0.717) is 11.3 Å². The molecular weight excluding hydrogens is 396 g/mol. The fraction of sp³-hybridized carbons (Fsp3) is 0.458. The van der Waals surface area contributed by atoms with Crippen LogP contribution in [0.15, 0.2) is 41.3 Å². The van der Waals surface area contributed by atoms with Gasteiger partial charge in [0.1, 0.15) is 6.54 Å². The van der Waals surface area contributed by atoms with Crippen molar-refractivity contribution in [1.82, 2.24) is 5.32 Å². The van der Waals surface area contributed by atoms with Crippen molar-refractivity contribution in [3.05, 3.63) is 47.5 Å². The molecule has 2 aromatic rings. The zero-order chi connectivity index (χ0) is 22.5. The molecule has 0 aromatic heterocycles. The number of carbonyl (C=O) groups is 1. The van der Waals surface area contributed by atoms with Gasteiger partial charge in [0.25, 0.3) is 10.0 Å². The number of aryl methyl sites for hydroxylation is 2. The lowest BCUT2D eigenvalue weighted by atomic mass is 9.82. The van der Waals surface area contributed by atoms with Crippen LogP contribution in [0.1, 0.15) is 52.2 Å². The predicted molar refractivity (Wildman–Crippen MR) is 122 cm³/mol. The quantitative estimate of drug-likeness (QED) is 0.760. The molecule has 162 valence electrons. The van der Waals surface area contributed by atoms with Crippen LogP contribution in [0.2, 0.25) is 0 Å². The van der Waals surface area contributed by atoms with E-state index in [1.54, 1.807) is 12.1 Å². The van der Waals surface area contributed by atoms with Crippen molar-refractivity contribution in [3.63, 3.8) is 0 Å². The van der Waals surface area contributed by atoms with Gasteiger partial charge >= 0.3 is 0 Å². The Balaban J connectivity index is 2.03. The van der Waals surface area contributed by atoms with Gasteiger partial charge in [-0.15, -0.1) is 0 Å². The molecule has 0 bridgehead atoms. The molecule has 0 aliphatic carbocycles. The summed E-state index contributed by atoms with van der Waals surface area (Å²) in [5.74, 6) is -0.308. The lowest BCUT2D eigenvalue weighted by Gasteiger charge is -2.36. The van der Waals surface area contributed by atoms with E-state index in [1.165, 1.54) is 4.31 Å². The fourth-order valence-corrected chi connectivity index (χ4v) is 6.35.